The van der Waals surface area contributed by atoms with E-state index in [0.717, 1.165) is 18.2 Å². The Kier molecular flexibility index (Phi) is 6.50. The van der Waals surface area contributed by atoms with E-state index >= 15 is 0 Å². The monoisotopic (exact) mass is 397 g/mol. The molecule has 0 aliphatic rings. The number of anilines is 1. The lowest BCUT2D eigenvalue weighted by Crippen LogP contribution is -2.30. The van der Waals surface area contributed by atoms with Gasteiger partial charge in [-0.25, -0.2) is 4.79 Å². The third kappa shape index (κ3) is 5.15. The summed E-state index contributed by atoms with van der Waals surface area (Å²) >= 11 is 0. The molecule has 1 unspecified atom stereocenters. The van der Waals surface area contributed by atoms with Gasteiger partial charge in [-0.15, -0.1) is 0 Å². The summed E-state index contributed by atoms with van der Waals surface area (Å²) in [5, 5.41) is 2.29. The van der Waals surface area contributed by atoms with Gasteiger partial charge in [0.2, 0.25) is 0 Å². The smallest absolute Gasteiger partial charge is 0.416 e. The molecule has 150 valence electrons. The van der Waals surface area contributed by atoms with Gasteiger partial charge in [0.05, 0.1) is 19.8 Å². The molecule has 2 aromatic rings. The first-order valence-corrected chi connectivity index (χ1v) is 8.07. The molecular formula is C19H18F3NO5. The van der Waals surface area contributed by atoms with Gasteiger partial charge < -0.3 is 19.5 Å². The van der Waals surface area contributed by atoms with Crippen molar-refractivity contribution in [3.05, 3.63) is 53.6 Å². The predicted octanol–water partition coefficient (Wildman–Crippen LogP) is 3.91. The molecule has 0 radical (unpaired) electrons. The first kappa shape index (κ1) is 21.1. The maximum absolute atomic E-state index is 12.7. The summed E-state index contributed by atoms with van der Waals surface area (Å²) in [6.45, 7) is 1.30. The molecule has 0 aliphatic heterocycles. The molecule has 2 aromatic carbocycles. The minimum absolute atomic E-state index is 0.0650. The molecule has 0 heterocycles. The van der Waals surface area contributed by atoms with Gasteiger partial charge in [0.15, 0.2) is 6.10 Å². The molecule has 0 aliphatic carbocycles. The van der Waals surface area contributed by atoms with E-state index in [1.54, 1.807) is 0 Å². The van der Waals surface area contributed by atoms with Crippen molar-refractivity contribution >= 4 is 17.6 Å². The number of hydrogen-bond donors (Lipinski definition) is 1. The Balaban J connectivity index is 2.07. The quantitative estimate of drug-likeness (QED) is 0.749. The highest BCUT2D eigenvalue weighted by Crippen LogP contribution is 2.30. The molecule has 0 saturated heterocycles. The number of ether oxygens (including phenoxy) is 3. The summed E-state index contributed by atoms with van der Waals surface area (Å²) in [6, 6.07) is 8.55. The normalized spacial score (nSPS) is 12.1. The van der Waals surface area contributed by atoms with E-state index in [1.807, 2.05) is 0 Å². The molecule has 9 heteroatoms. The average Bonchev–Trinajstić information content (AvgIpc) is 2.66. The summed E-state index contributed by atoms with van der Waals surface area (Å²) in [5.74, 6) is -0.954. The van der Waals surface area contributed by atoms with Gasteiger partial charge in [-0.3, -0.25) is 4.79 Å². The van der Waals surface area contributed by atoms with Gasteiger partial charge in [-0.1, -0.05) is 6.07 Å². The third-order valence-electron chi connectivity index (χ3n) is 3.74. The SMILES string of the molecule is COc1ccc(C(=O)OC(C)C(=O)Nc2cccc(C(F)(F)F)c2)c(OC)c1. The molecule has 1 amide bonds. The zero-order chi connectivity index (χ0) is 20.9. The Morgan fingerprint density at radius 2 is 1.75 bits per heavy atom. The van der Waals surface area contributed by atoms with E-state index in [9.17, 15) is 22.8 Å². The molecular weight excluding hydrogens is 379 g/mol. The van der Waals surface area contributed by atoms with E-state index < -0.39 is 29.7 Å². The van der Waals surface area contributed by atoms with Crippen molar-refractivity contribution in [2.45, 2.75) is 19.2 Å². The van der Waals surface area contributed by atoms with Gasteiger partial charge in [-0.05, 0) is 37.3 Å². The minimum Gasteiger partial charge on any atom is -0.497 e. The van der Waals surface area contributed by atoms with Gasteiger partial charge in [0.25, 0.3) is 5.91 Å². The highest BCUT2D eigenvalue weighted by atomic mass is 19.4. The van der Waals surface area contributed by atoms with Crippen LogP contribution < -0.4 is 14.8 Å². The van der Waals surface area contributed by atoms with Crippen molar-refractivity contribution in [1.29, 1.82) is 0 Å². The standard InChI is InChI=1S/C19H18F3NO5/c1-11(17(24)23-13-6-4-5-12(9-13)19(20,21)22)28-18(25)15-8-7-14(26-2)10-16(15)27-3/h4-11H,1-3H3,(H,23,24). The molecule has 2 rings (SSSR count). The van der Waals surface area contributed by atoms with Crippen LogP contribution in [0.2, 0.25) is 0 Å². The van der Waals surface area contributed by atoms with Gasteiger partial charge in [0.1, 0.15) is 17.1 Å². The summed E-state index contributed by atoms with van der Waals surface area (Å²) in [4.78, 5) is 24.5. The number of halogens is 3. The number of amides is 1. The lowest BCUT2D eigenvalue weighted by atomic mass is 10.2. The summed E-state index contributed by atoms with van der Waals surface area (Å²) in [5.41, 5.74) is -0.898. The number of benzene rings is 2. The van der Waals surface area contributed by atoms with Crippen molar-refractivity contribution < 1.29 is 37.0 Å². The molecule has 0 aromatic heterocycles. The number of carbonyl (C=O) groups excluding carboxylic acids is 2. The maximum atomic E-state index is 12.7. The van der Waals surface area contributed by atoms with Crippen LogP contribution in [-0.4, -0.2) is 32.2 Å². The van der Waals surface area contributed by atoms with Crippen LogP contribution in [0, 0.1) is 0 Å². The molecule has 0 bridgehead atoms. The number of nitrogens with one attached hydrogen (secondary N) is 1. The Morgan fingerprint density at radius 3 is 2.36 bits per heavy atom. The maximum Gasteiger partial charge on any atom is 0.416 e. The molecule has 1 N–H and O–H groups in total. The van der Waals surface area contributed by atoms with Gasteiger partial charge in [-0.2, -0.15) is 13.2 Å². The highest BCUT2D eigenvalue weighted by molar-refractivity contribution is 5.98. The van der Waals surface area contributed by atoms with Gasteiger partial charge in [0, 0.05) is 11.8 Å². The van der Waals surface area contributed by atoms with Gasteiger partial charge >= 0.3 is 12.1 Å². The fraction of sp³-hybridized carbons (Fsp3) is 0.263. The zero-order valence-corrected chi connectivity index (χ0v) is 15.3. The molecule has 28 heavy (non-hydrogen) atoms. The second kappa shape index (κ2) is 8.64. The third-order valence-corrected chi connectivity index (χ3v) is 3.74. The van der Waals surface area contributed by atoms with Crippen LogP contribution in [-0.2, 0) is 15.7 Å². The molecule has 1 atom stereocenters. The number of hydrogen-bond acceptors (Lipinski definition) is 5. The Morgan fingerprint density at radius 1 is 1.04 bits per heavy atom. The van der Waals surface area contributed by atoms with Crippen molar-refractivity contribution in [3.8, 4) is 11.5 Å². The molecule has 6 nitrogen and oxygen atoms in total. The zero-order valence-electron chi connectivity index (χ0n) is 15.3. The fourth-order valence-corrected chi connectivity index (χ4v) is 2.26. The number of rotatable bonds is 6. The van der Waals surface area contributed by atoms with Crippen LogP contribution in [0.25, 0.3) is 0 Å². The first-order chi connectivity index (χ1) is 13.2. The van der Waals surface area contributed by atoms with E-state index in [4.69, 9.17) is 14.2 Å². The Labute approximate surface area is 159 Å². The number of carbonyl (C=O) groups is 2. The van der Waals surface area contributed by atoms with Crippen LogP contribution in [0.15, 0.2) is 42.5 Å². The average molecular weight is 397 g/mol. The lowest BCUT2D eigenvalue weighted by Gasteiger charge is -2.16. The van der Waals surface area contributed by atoms with Crippen LogP contribution in [0.3, 0.4) is 0 Å². The van der Waals surface area contributed by atoms with Crippen LogP contribution in [0.1, 0.15) is 22.8 Å². The number of alkyl halides is 3. The topological polar surface area (TPSA) is 73.9 Å². The second-order valence-electron chi connectivity index (χ2n) is 5.68. The summed E-state index contributed by atoms with van der Waals surface area (Å²) < 4.78 is 53.5. The predicted molar refractivity (Wildman–Crippen MR) is 94.5 cm³/mol. The van der Waals surface area contributed by atoms with Crippen LogP contribution in [0.5, 0.6) is 11.5 Å². The fourth-order valence-electron chi connectivity index (χ4n) is 2.26. The van der Waals surface area contributed by atoms with Crippen LogP contribution >= 0.6 is 0 Å². The van der Waals surface area contributed by atoms with Crippen molar-refractivity contribution in [3.63, 3.8) is 0 Å². The van der Waals surface area contributed by atoms with Crippen molar-refractivity contribution in [2.24, 2.45) is 0 Å². The largest absolute Gasteiger partial charge is 0.497 e. The number of esters is 1. The van der Waals surface area contributed by atoms with Crippen molar-refractivity contribution in [2.75, 3.05) is 19.5 Å². The van der Waals surface area contributed by atoms with Crippen molar-refractivity contribution in [1.82, 2.24) is 0 Å². The Hall–Kier alpha value is -3.23. The molecule has 0 fully saturated rings. The minimum atomic E-state index is -4.54. The summed E-state index contributed by atoms with van der Waals surface area (Å²) in [6.07, 6.45) is -5.79. The first-order valence-electron chi connectivity index (χ1n) is 8.07. The van der Waals surface area contributed by atoms with E-state index in [1.165, 1.54) is 45.4 Å². The lowest BCUT2D eigenvalue weighted by molar-refractivity contribution is -0.137. The van der Waals surface area contributed by atoms with E-state index in [0.29, 0.717) is 5.75 Å². The van der Waals surface area contributed by atoms with E-state index in [2.05, 4.69) is 5.32 Å². The van der Waals surface area contributed by atoms with Crippen LogP contribution in [0.4, 0.5) is 18.9 Å². The highest BCUT2D eigenvalue weighted by Gasteiger charge is 2.30. The van der Waals surface area contributed by atoms with E-state index in [-0.39, 0.29) is 17.0 Å². The Bertz CT molecular complexity index is 867. The molecule has 0 saturated carbocycles. The molecule has 0 spiro atoms. The summed E-state index contributed by atoms with van der Waals surface area (Å²) in [7, 11) is 2.81. The second-order valence-corrected chi connectivity index (χ2v) is 5.68. The number of methoxy groups -OCH3 is 2.